The third-order valence-electron chi connectivity index (χ3n) is 3.20. The highest BCUT2D eigenvalue weighted by atomic mass is 16.5. The molecule has 1 rings (SSSR count). The average Bonchev–Trinajstić information content (AvgIpc) is 2.37. The molecule has 19 heavy (non-hydrogen) atoms. The summed E-state index contributed by atoms with van der Waals surface area (Å²) in [5.74, 6) is 0.127. The summed E-state index contributed by atoms with van der Waals surface area (Å²) in [4.78, 5) is 10.6. The van der Waals surface area contributed by atoms with E-state index in [0.717, 1.165) is 25.7 Å². The van der Waals surface area contributed by atoms with Gasteiger partial charge in [-0.15, -0.1) is 0 Å². The minimum atomic E-state index is -0.285. The van der Waals surface area contributed by atoms with Gasteiger partial charge in [-0.2, -0.15) is 0 Å². The number of esters is 1. The van der Waals surface area contributed by atoms with E-state index in [1.54, 1.807) is 0 Å². The highest BCUT2D eigenvalue weighted by Crippen LogP contribution is 2.15. The first-order valence-electron chi connectivity index (χ1n) is 6.93. The summed E-state index contributed by atoms with van der Waals surface area (Å²) in [6.45, 7) is 3.94. The van der Waals surface area contributed by atoms with Crippen LogP contribution in [-0.2, 0) is 16.0 Å². The number of carbonyl (C=O) groups excluding carboxylic acids is 1. The zero-order valence-corrected chi connectivity index (χ0v) is 11.8. The van der Waals surface area contributed by atoms with Gasteiger partial charge in [0.15, 0.2) is 0 Å². The van der Waals surface area contributed by atoms with Gasteiger partial charge in [0, 0.05) is 6.92 Å². The molecule has 0 fully saturated rings. The molecular weight excluding hydrogens is 240 g/mol. The molecule has 0 aliphatic rings. The highest BCUT2D eigenvalue weighted by molar-refractivity contribution is 5.65. The fourth-order valence-electron chi connectivity index (χ4n) is 2.08. The van der Waals surface area contributed by atoms with Crippen molar-refractivity contribution in [1.82, 2.24) is 0 Å². The van der Waals surface area contributed by atoms with Gasteiger partial charge < -0.3 is 9.84 Å². The van der Waals surface area contributed by atoms with Crippen molar-refractivity contribution in [1.29, 1.82) is 0 Å². The van der Waals surface area contributed by atoms with Crippen molar-refractivity contribution >= 4 is 5.97 Å². The Labute approximate surface area is 115 Å². The predicted molar refractivity (Wildman–Crippen MR) is 75.8 cm³/mol. The Bertz CT molecular complexity index is 362. The zero-order chi connectivity index (χ0) is 14.1. The highest BCUT2D eigenvalue weighted by Gasteiger charge is 2.11. The summed E-state index contributed by atoms with van der Waals surface area (Å²) in [6.07, 6.45) is 2.96. The van der Waals surface area contributed by atoms with Crippen molar-refractivity contribution in [2.24, 2.45) is 5.92 Å². The molecule has 0 saturated carbocycles. The summed E-state index contributed by atoms with van der Waals surface area (Å²) in [5, 5.41) is 9.98. The Hall–Kier alpha value is -1.35. The van der Waals surface area contributed by atoms with Gasteiger partial charge in [-0.3, -0.25) is 4.79 Å². The Kier molecular flexibility index (Phi) is 7.19. The Morgan fingerprint density at radius 2 is 1.95 bits per heavy atom. The van der Waals surface area contributed by atoms with E-state index in [2.05, 4.69) is 19.1 Å². The molecule has 0 heterocycles. The molecule has 106 valence electrons. The van der Waals surface area contributed by atoms with Crippen LogP contribution >= 0.6 is 0 Å². The lowest BCUT2D eigenvalue weighted by atomic mass is 9.96. The van der Waals surface area contributed by atoms with E-state index < -0.39 is 0 Å². The van der Waals surface area contributed by atoms with Crippen molar-refractivity contribution in [3.8, 4) is 0 Å². The van der Waals surface area contributed by atoms with Crippen molar-refractivity contribution < 1.29 is 14.6 Å². The molecule has 0 bridgehead atoms. The lowest BCUT2D eigenvalue weighted by molar-refractivity contribution is -0.141. The topological polar surface area (TPSA) is 46.5 Å². The monoisotopic (exact) mass is 264 g/mol. The second kappa shape index (κ2) is 8.70. The van der Waals surface area contributed by atoms with Crippen molar-refractivity contribution in [3.63, 3.8) is 0 Å². The van der Waals surface area contributed by atoms with Crippen LogP contribution < -0.4 is 0 Å². The Morgan fingerprint density at radius 1 is 1.26 bits per heavy atom. The number of ether oxygens (including phenoxy) is 1. The van der Waals surface area contributed by atoms with Crippen LogP contribution in [0.25, 0.3) is 0 Å². The first kappa shape index (κ1) is 15.7. The maximum atomic E-state index is 10.6. The van der Waals surface area contributed by atoms with Crippen LogP contribution in [0, 0.1) is 5.92 Å². The molecule has 0 radical (unpaired) electrons. The molecular formula is C16H24O3. The summed E-state index contributed by atoms with van der Waals surface area (Å²) in [7, 11) is 0. The van der Waals surface area contributed by atoms with E-state index in [-0.39, 0.29) is 12.1 Å². The fourth-order valence-corrected chi connectivity index (χ4v) is 2.08. The molecule has 1 N–H and O–H groups in total. The Balaban J connectivity index is 2.16. The van der Waals surface area contributed by atoms with Crippen molar-refractivity contribution in [2.45, 2.75) is 45.6 Å². The van der Waals surface area contributed by atoms with Gasteiger partial charge >= 0.3 is 5.97 Å². The average molecular weight is 264 g/mol. The molecule has 0 saturated heterocycles. The van der Waals surface area contributed by atoms with E-state index in [1.165, 1.54) is 12.5 Å². The van der Waals surface area contributed by atoms with Gasteiger partial charge in [-0.1, -0.05) is 37.3 Å². The minimum Gasteiger partial charge on any atom is -0.466 e. The maximum Gasteiger partial charge on any atom is 0.302 e. The molecule has 0 spiro atoms. The molecule has 2 atom stereocenters. The van der Waals surface area contributed by atoms with Crippen LogP contribution in [0.2, 0.25) is 0 Å². The number of carbonyl (C=O) groups is 1. The number of rotatable bonds is 8. The van der Waals surface area contributed by atoms with Gasteiger partial charge in [-0.25, -0.2) is 0 Å². The van der Waals surface area contributed by atoms with Gasteiger partial charge in [0.25, 0.3) is 0 Å². The predicted octanol–water partition coefficient (Wildman–Crippen LogP) is 2.96. The number of aliphatic hydroxyl groups is 1. The molecule has 0 amide bonds. The third kappa shape index (κ3) is 7.62. The standard InChI is InChI=1S/C16H24O3/c1-13(10-11-19-14(2)17)12-16(18)9-8-15-6-4-3-5-7-15/h3-7,13,16,18H,8-12H2,1-2H3/t13-,16+/m0/s1. The molecule has 3 heteroatoms. The van der Waals surface area contributed by atoms with Gasteiger partial charge in [0.2, 0.25) is 0 Å². The molecule has 0 aromatic heterocycles. The minimum absolute atomic E-state index is 0.239. The second-order valence-electron chi connectivity index (χ2n) is 5.15. The van der Waals surface area contributed by atoms with E-state index in [4.69, 9.17) is 4.74 Å². The SMILES string of the molecule is CC(=O)OCC[C@H](C)C[C@H](O)CCc1ccccc1. The molecule has 1 aromatic rings. The molecule has 1 aromatic carbocycles. The van der Waals surface area contributed by atoms with Crippen LogP contribution in [0.15, 0.2) is 30.3 Å². The summed E-state index contributed by atoms with van der Waals surface area (Å²) in [6, 6.07) is 10.2. The largest absolute Gasteiger partial charge is 0.466 e. The number of hydrogen-bond donors (Lipinski definition) is 1. The maximum absolute atomic E-state index is 10.6. The van der Waals surface area contributed by atoms with Crippen LogP contribution in [-0.4, -0.2) is 23.8 Å². The molecule has 0 unspecified atom stereocenters. The van der Waals surface area contributed by atoms with E-state index in [1.807, 2.05) is 18.2 Å². The van der Waals surface area contributed by atoms with Gasteiger partial charge in [-0.05, 0) is 37.2 Å². The van der Waals surface area contributed by atoms with E-state index >= 15 is 0 Å². The fraction of sp³-hybridized carbons (Fsp3) is 0.562. The molecule has 3 nitrogen and oxygen atoms in total. The number of aryl methyl sites for hydroxylation is 1. The molecule has 0 aliphatic carbocycles. The number of hydrogen-bond acceptors (Lipinski definition) is 3. The summed E-state index contributed by atoms with van der Waals surface area (Å²) >= 11 is 0. The van der Waals surface area contributed by atoms with E-state index in [0.29, 0.717) is 12.5 Å². The van der Waals surface area contributed by atoms with Crippen molar-refractivity contribution in [3.05, 3.63) is 35.9 Å². The zero-order valence-electron chi connectivity index (χ0n) is 11.8. The molecule has 0 aliphatic heterocycles. The third-order valence-corrected chi connectivity index (χ3v) is 3.20. The first-order chi connectivity index (χ1) is 9.08. The van der Waals surface area contributed by atoms with E-state index in [9.17, 15) is 9.90 Å². The first-order valence-corrected chi connectivity index (χ1v) is 6.93. The lowest BCUT2D eigenvalue weighted by Crippen LogP contribution is -2.14. The lowest BCUT2D eigenvalue weighted by Gasteiger charge is -2.16. The van der Waals surface area contributed by atoms with Crippen LogP contribution in [0.1, 0.15) is 38.7 Å². The van der Waals surface area contributed by atoms with Crippen LogP contribution in [0.5, 0.6) is 0 Å². The summed E-state index contributed by atoms with van der Waals surface area (Å²) in [5.41, 5.74) is 1.26. The summed E-state index contributed by atoms with van der Waals surface area (Å²) < 4.78 is 4.90. The van der Waals surface area contributed by atoms with Crippen LogP contribution in [0.3, 0.4) is 0 Å². The smallest absolute Gasteiger partial charge is 0.302 e. The van der Waals surface area contributed by atoms with Gasteiger partial charge in [0.05, 0.1) is 12.7 Å². The van der Waals surface area contributed by atoms with Crippen LogP contribution in [0.4, 0.5) is 0 Å². The normalized spacial score (nSPS) is 13.8. The van der Waals surface area contributed by atoms with Crippen molar-refractivity contribution in [2.75, 3.05) is 6.61 Å². The number of benzene rings is 1. The second-order valence-corrected chi connectivity index (χ2v) is 5.15. The van der Waals surface area contributed by atoms with Gasteiger partial charge in [0.1, 0.15) is 0 Å². The number of aliphatic hydroxyl groups excluding tert-OH is 1. The quantitative estimate of drug-likeness (QED) is 0.734. The Morgan fingerprint density at radius 3 is 2.58 bits per heavy atom.